The molecule has 9 nitrogen and oxygen atoms in total. The Labute approximate surface area is 151 Å². The number of esters is 1. The van der Waals surface area contributed by atoms with E-state index < -0.39 is 39.5 Å². The Balaban J connectivity index is 2.17. The van der Waals surface area contributed by atoms with E-state index in [1.54, 1.807) is 0 Å². The zero-order valence-electron chi connectivity index (χ0n) is 13.3. The number of aryl methyl sites for hydroxylation is 1. The molecule has 26 heavy (non-hydrogen) atoms. The highest BCUT2D eigenvalue weighted by molar-refractivity contribution is 6.31. The van der Waals surface area contributed by atoms with Crippen LogP contribution in [0.25, 0.3) is 0 Å². The lowest BCUT2D eigenvalue weighted by Crippen LogP contribution is -2.15. The van der Waals surface area contributed by atoms with Crippen LogP contribution < -0.4 is 0 Å². The van der Waals surface area contributed by atoms with Crippen LogP contribution in [0.3, 0.4) is 0 Å². The third-order valence-electron chi connectivity index (χ3n) is 3.44. The lowest BCUT2D eigenvalue weighted by molar-refractivity contribution is -0.385. The minimum absolute atomic E-state index is 0.0179. The van der Waals surface area contributed by atoms with E-state index in [9.17, 15) is 29.8 Å². The highest BCUT2D eigenvalue weighted by Gasteiger charge is 2.23. The number of benzene rings is 2. The van der Waals surface area contributed by atoms with E-state index in [0.29, 0.717) is 5.56 Å². The van der Waals surface area contributed by atoms with Crippen LogP contribution in [0.1, 0.15) is 26.3 Å². The number of ether oxygens (including phenoxy) is 1. The zero-order valence-corrected chi connectivity index (χ0v) is 14.1. The van der Waals surface area contributed by atoms with Crippen LogP contribution in [0.15, 0.2) is 36.4 Å². The van der Waals surface area contributed by atoms with Gasteiger partial charge in [-0.1, -0.05) is 23.7 Å². The Morgan fingerprint density at radius 3 is 2.31 bits per heavy atom. The summed E-state index contributed by atoms with van der Waals surface area (Å²) in [5.41, 5.74) is -0.801. The van der Waals surface area contributed by atoms with Gasteiger partial charge in [-0.05, 0) is 19.1 Å². The number of halogens is 1. The quantitative estimate of drug-likeness (QED) is 0.325. The maximum absolute atomic E-state index is 12.1. The number of nitro benzene ring substituents is 2. The number of nitro groups is 2. The van der Waals surface area contributed by atoms with E-state index in [4.69, 9.17) is 16.3 Å². The minimum atomic E-state index is -1.10. The smallest absolute Gasteiger partial charge is 0.345 e. The summed E-state index contributed by atoms with van der Waals surface area (Å²) in [6.45, 7) is 0.785. The third-order valence-corrected chi connectivity index (χ3v) is 3.67. The average molecular weight is 379 g/mol. The van der Waals surface area contributed by atoms with Crippen LogP contribution in [0.4, 0.5) is 11.4 Å². The summed E-state index contributed by atoms with van der Waals surface area (Å²) in [5, 5.41) is 22.0. The molecule has 0 amide bonds. The maximum atomic E-state index is 12.1. The van der Waals surface area contributed by atoms with Crippen LogP contribution in [0.2, 0.25) is 5.02 Å². The standard InChI is InChI=1S/C16H11ClN2O7/c1-9-2-3-10(6-14(9)19(24)25)15(20)8-26-16(21)12-7-11(17)4-5-13(12)18(22)23/h2-7H,8H2,1H3. The fourth-order valence-corrected chi connectivity index (χ4v) is 2.27. The molecule has 10 heteroatoms. The van der Waals surface area contributed by atoms with Gasteiger partial charge in [-0.2, -0.15) is 0 Å². The largest absolute Gasteiger partial charge is 0.454 e. The molecule has 0 aliphatic heterocycles. The first kappa shape index (κ1) is 19.0. The predicted octanol–water partition coefficient (Wildman–Crippen LogP) is 3.50. The lowest BCUT2D eigenvalue weighted by atomic mass is 10.1. The van der Waals surface area contributed by atoms with Gasteiger partial charge in [0, 0.05) is 28.3 Å². The highest BCUT2D eigenvalue weighted by atomic mass is 35.5. The van der Waals surface area contributed by atoms with Gasteiger partial charge in [0.2, 0.25) is 5.78 Å². The molecule has 0 radical (unpaired) electrons. The number of hydrogen-bond donors (Lipinski definition) is 0. The second kappa shape index (κ2) is 7.70. The van der Waals surface area contributed by atoms with Crippen molar-refractivity contribution in [2.24, 2.45) is 0 Å². The van der Waals surface area contributed by atoms with Gasteiger partial charge in [0.05, 0.1) is 9.85 Å². The Bertz CT molecular complexity index is 927. The fourth-order valence-electron chi connectivity index (χ4n) is 2.10. The minimum Gasteiger partial charge on any atom is -0.454 e. The molecule has 2 aromatic carbocycles. The van der Waals surface area contributed by atoms with Gasteiger partial charge in [0.15, 0.2) is 6.61 Å². The number of carbonyl (C=O) groups excluding carboxylic acids is 2. The molecule has 0 aliphatic rings. The molecule has 134 valence electrons. The number of rotatable bonds is 6. The summed E-state index contributed by atoms with van der Waals surface area (Å²) in [4.78, 5) is 44.6. The number of nitrogens with zero attached hydrogens (tertiary/aromatic N) is 2. The van der Waals surface area contributed by atoms with Gasteiger partial charge >= 0.3 is 5.97 Å². The SMILES string of the molecule is Cc1ccc(C(=O)COC(=O)c2cc(Cl)ccc2[N+](=O)[O-])cc1[N+](=O)[O-]. The lowest BCUT2D eigenvalue weighted by Gasteiger charge is -2.06. The molecule has 0 spiro atoms. The summed E-state index contributed by atoms with van der Waals surface area (Å²) < 4.78 is 4.80. The predicted molar refractivity (Wildman–Crippen MR) is 90.6 cm³/mol. The molecule has 0 N–H and O–H groups in total. The van der Waals surface area contributed by atoms with E-state index in [2.05, 4.69) is 0 Å². The van der Waals surface area contributed by atoms with Crippen LogP contribution in [-0.2, 0) is 4.74 Å². The van der Waals surface area contributed by atoms with E-state index >= 15 is 0 Å². The van der Waals surface area contributed by atoms with Crippen molar-refractivity contribution in [3.8, 4) is 0 Å². The summed E-state index contributed by atoms with van der Waals surface area (Å²) in [5.74, 6) is -1.79. The molecule has 0 saturated heterocycles. The van der Waals surface area contributed by atoms with E-state index in [-0.39, 0.29) is 16.3 Å². The van der Waals surface area contributed by atoms with Crippen molar-refractivity contribution in [1.29, 1.82) is 0 Å². The van der Waals surface area contributed by atoms with Crippen molar-refractivity contribution in [2.45, 2.75) is 6.92 Å². The molecule has 0 heterocycles. The summed E-state index contributed by atoms with van der Waals surface area (Å²) in [7, 11) is 0. The molecule has 0 saturated carbocycles. The van der Waals surface area contributed by atoms with Gasteiger partial charge in [0.25, 0.3) is 11.4 Å². The van der Waals surface area contributed by atoms with Crippen LogP contribution >= 0.6 is 11.6 Å². The molecule has 0 aliphatic carbocycles. The molecule has 2 aromatic rings. The first-order valence-corrected chi connectivity index (χ1v) is 7.48. The summed E-state index contributed by atoms with van der Waals surface area (Å²) >= 11 is 5.72. The van der Waals surface area contributed by atoms with Crippen LogP contribution in [0.5, 0.6) is 0 Å². The van der Waals surface area contributed by atoms with Gasteiger partial charge in [-0.25, -0.2) is 4.79 Å². The van der Waals surface area contributed by atoms with Gasteiger partial charge in [-0.3, -0.25) is 25.0 Å². The first-order chi connectivity index (χ1) is 12.2. The first-order valence-electron chi connectivity index (χ1n) is 7.10. The van der Waals surface area contributed by atoms with Crippen molar-refractivity contribution in [3.05, 3.63) is 78.3 Å². The number of carbonyl (C=O) groups is 2. The molecule has 0 fully saturated rings. The van der Waals surface area contributed by atoms with E-state index in [0.717, 1.165) is 18.2 Å². The second-order valence-corrected chi connectivity index (χ2v) is 5.61. The third kappa shape index (κ3) is 4.19. The maximum Gasteiger partial charge on any atom is 0.345 e. The topological polar surface area (TPSA) is 130 Å². The Hall–Kier alpha value is -3.33. The molecule has 0 atom stereocenters. The van der Waals surface area contributed by atoms with Gasteiger partial charge < -0.3 is 4.74 Å². The average Bonchev–Trinajstić information content (AvgIpc) is 2.59. The van der Waals surface area contributed by atoms with Crippen molar-refractivity contribution in [1.82, 2.24) is 0 Å². The molecule has 0 unspecified atom stereocenters. The Morgan fingerprint density at radius 1 is 1.04 bits per heavy atom. The van der Waals surface area contributed by atoms with Crippen molar-refractivity contribution in [3.63, 3.8) is 0 Å². The Morgan fingerprint density at radius 2 is 1.69 bits per heavy atom. The van der Waals surface area contributed by atoms with Crippen molar-refractivity contribution >= 4 is 34.7 Å². The van der Waals surface area contributed by atoms with Crippen LogP contribution in [-0.4, -0.2) is 28.2 Å². The highest BCUT2D eigenvalue weighted by Crippen LogP contribution is 2.24. The van der Waals surface area contributed by atoms with E-state index in [1.807, 2.05) is 0 Å². The summed E-state index contributed by atoms with van der Waals surface area (Å²) in [6, 6.07) is 7.18. The Kier molecular flexibility index (Phi) is 5.63. The second-order valence-electron chi connectivity index (χ2n) is 5.18. The molecular formula is C16H11ClN2O7. The molecule has 0 bridgehead atoms. The van der Waals surface area contributed by atoms with Gasteiger partial charge in [0.1, 0.15) is 5.56 Å². The van der Waals surface area contributed by atoms with Gasteiger partial charge in [-0.15, -0.1) is 0 Å². The normalized spacial score (nSPS) is 10.2. The zero-order chi connectivity index (χ0) is 19.4. The number of ketones is 1. The van der Waals surface area contributed by atoms with Crippen LogP contribution in [0, 0.1) is 27.2 Å². The number of hydrogen-bond acceptors (Lipinski definition) is 7. The van der Waals surface area contributed by atoms with Crippen molar-refractivity contribution < 1.29 is 24.2 Å². The molecule has 2 rings (SSSR count). The number of Topliss-reactive ketones (excluding diaryl/α,β-unsaturated/α-hetero) is 1. The van der Waals surface area contributed by atoms with E-state index in [1.165, 1.54) is 25.1 Å². The summed E-state index contributed by atoms with van der Waals surface area (Å²) in [6.07, 6.45) is 0. The molecule has 0 aromatic heterocycles. The van der Waals surface area contributed by atoms with Crippen molar-refractivity contribution in [2.75, 3.05) is 6.61 Å². The molecular weight excluding hydrogens is 368 g/mol. The fraction of sp³-hybridized carbons (Fsp3) is 0.125. The monoisotopic (exact) mass is 378 g/mol.